The van der Waals surface area contributed by atoms with Crippen LogP contribution in [0.2, 0.25) is 0 Å². The Morgan fingerprint density at radius 3 is 2.39 bits per heavy atom. The van der Waals surface area contributed by atoms with Crippen molar-refractivity contribution in [3.63, 3.8) is 0 Å². The van der Waals surface area contributed by atoms with Gasteiger partial charge in [-0.1, -0.05) is 43.2 Å². The molecular formula is C24H27NO5S. The number of terminal acetylenes is 1. The number of amides is 1. The van der Waals surface area contributed by atoms with E-state index in [0.29, 0.717) is 30.0 Å². The predicted molar refractivity (Wildman–Crippen MR) is 122 cm³/mol. The van der Waals surface area contributed by atoms with Crippen LogP contribution >= 0.6 is 12.6 Å². The van der Waals surface area contributed by atoms with E-state index in [-0.39, 0.29) is 6.61 Å². The molecule has 0 aliphatic heterocycles. The number of aryl methyl sites for hydroxylation is 1. The van der Waals surface area contributed by atoms with Crippen molar-refractivity contribution in [3.8, 4) is 23.8 Å². The van der Waals surface area contributed by atoms with Crippen molar-refractivity contribution in [2.24, 2.45) is 0 Å². The van der Waals surface area contributed by atoms with E-state index in [4.69, 9.17) is 20.6 Å². The van der Waals surface area contributed by atoms with Crippen molar-refractivity contribution in [1.82, 2.24) is 5.32 Å². The van der Waals surface area contributed by atoms with Gasteiger partial charge in [0.05, 0.1) is 7.11 Å². The lowest BCUT2D eigenvalue weighted by molar-refractivity contribution is -0.157. The third kappa shape index (κ3) is 6.43. The second kappa shape index (κ2) is 11.3. The van der Waals surface area contributed by atoms with Crippen molar-refractivity contribution >= 4 is 24.5 Å². The Kier molecular flexibility index (Phi) is 8.83. The Hall–Kier alpha value is -3.11. The number of rotatable bonds is 10. The number of carbonyl (C=O) groups is 2. The van der Waals surface area contributed by atoms with Crippen LogP contribution in [0.3, 0.4) is 0 Å². The van der Waals surface area contributed by atoms with Gasteiger partial charge >= 0.3 is 5.97 Å². The summed E-state index contributed by atoms with van der Waals surface area (Å²) in [6, 6.07) is 12.7. The number of thiol groups is 1. The van der Waals surface area contributed by atoms with E-state index in [1.807, 2.05) is 31.2 Å². The quantitative estimate of drug-likeness (QED) is 0.256. The van der Waals surface area contributed by atoms with E-state index < -0.39 is 16.8 Å². The van der Waals surface area contributed by atoms with Gasteiger partial charge in [-0.2, -0.15) is 0 Å². The molecular weight excluding hydrogens is 414 g/mol. The Labute approximate surface area is 188 Å². The standard InChI is InChI=1S/C24H27NO5S/c1-5-15-29-21-12-9-19(16-22(21)28-4)13-14-25-23(27)24(31,30-17(3)26)20-10-7-18(6-2)8-11-20/h1,7-12,16,31H,6,13-15H2,2-4H3,(H,25,27). The van der Waals surface area contributed by atoms with E-state index in [1.54, 1.807) is 25.3 Å². The second-order valence-electron chi connectivity index (χ2n) is 6.77. The van der Waals surface area contributed by atoms with Gasteiger partial charge in [-0.05, 0) is 36.1 Å². The molecule has 2 aromatic carbocycles. The number of nitrogens with one attached hydrogen (secondary N) is 1. The first kappa shape index (κ1) is 24.2. The summed E-state index contributed by atoms with van der Waals surface area (Å²) >= 11 is 4.44. The van der Waals surface area contributed by atoms with Crippen LogP contribution in [0.25, 0.3) is 0 Å². The fourth-order valence-electron chi connectivity index (χ4n) is 2.96. The lowest BCUT2D eigenvalue weighted by Gasteiger charge is -2.27. The Bertz CT molecular complexity index is 951. The summed E-state index contributed by atoms with van der Waals surface area (Å²) in [5.74, 6) is 2.39. The lowest BCUT2D eigenvalue weighted by atomic mass is 10.0. The van der Waals surface area contributed by atoms with Crippen LogP contribution in [0.15, 0.2) is 42.5 Å². The van der Waals surface area contributed by atoms with Gasteiger partial charge < -0.3 is 19.5 Å². The SMILES string of the molecule is C#CCOc1ccc(CCNC(=O)C(S)(OC(C)=O)c2ccc(CC)cc2)cc1OC. The summed E-state index contributed by atoms with van der Waals surface area (Å²) in [6.07, 6.45) is 6.60. The molecule has 0 radical (unpaired) electrons. The largest absolute Gasteiger partial charge is 0.493 e. The number of carbonyl (C=O) groups excluding carboxylic acids is 2. The fraction of sp³-hybridized carbons (Fsp3) is 0.333. The first-order valence-electron chi connectivity index (χ1n) is 9.86. The first-order chi connectivity index (χ1) is 14.8. The number of methoxy groups -OCH3 is 1. The van der Waals surface area contributed by atoms with Crippen LogP contribution in [-0.4, -0.2) is 32.1 Å². The molecule has 0 bridgehead atoms. The molecule has 0 saturated carbocycles. The van der Waals surface area contributed by atoms with Gasteiger partial charge in [0, 0.05) is 19.0 Å². The highest BCUT2D eigenvalue weighted by molar-refractivity contribution is 7.82. The molecule has 0 fully saturated rings. The minimum atomic E-state index is -1.72. The molecule has 6 nitrogen and oxygen atoms in total. The molecule has 1 amide bonds. The highest BCUT2D eigenvalue weighted by Crippen LogP contribution is 2.31. The molecule has 2 aromatic rings. The highest BCUT2D eigenvalue weighted by atomic mass is 32.1. The summed E-state index contributed by atoms with van der Waals surface area (Å²) in [5, 5.41) is 2.80. The monoisotopic (exact) mass is 441 g/mol. The zero-order chi connectivity index (χ0) is 22.9. The average Bonchev–Trinajstić information content (AvgIpc) is 2.77. The second-order valence-corrected chi connectivity index (χ2v) is 7.40. The summed E-state index contributed by atoms with van der Waals surface area (Å²) in [5.41, 5.74) is 2.51. The molecule has 0 heterocycles. The van der Waals surface area contributed by atoms with Crippen molar-refractivity contribution in [3.05, 3.63) is 59.2 Å². The summed E-state index contributed by atoms with van der Waals surface area (Å²) in [4.78, 5) is 22.8. The van der Waals surface area contributed by atoms with Gasteiger partial charge in [-0.25, -0.2) is 0 Å². The smallest absolute Gasteiger partial charge is 0.304 e. The number of ether oxygens (including phenoxy) is 3. The van der Waals surface area contributed by atoms with E-state index in [0.717, 1.165) is 17.5 Å². The number of hydrogen-bond donors (Lipinski definition) is 2. The molecule has 1 N–H and O–H groups in total. The van der Waals surface area contributed by atoms with E-state index >= 15 is 0 Å². The molecule has 0 aliphatic rings. The Morgan fingerprint density at radius 2 is 1.81 bits per heavy atom. The number of benzene rings is 2. The average molecular weight is 442 g/mol. The fourth-order valence-corrected chi connectivity index (χ4v) is 3.31. The van der Waals surface area contributed by atoms with Gasteiger partial charge in [-0.3, -0.25) is 9.59 Å². The summed E-state index contributed by atoms with van der Waals surface area (Å²) in [6.45, 7) is 3.73. The molecule has 0 aromatic heterocycles. The highest BCUT2D eigenvalue weighted by Gasteiger charge is 2.40. The van der Waals surface area contributed by atoms with E-state index in [9.17, 15) is 9.59 Å². The number of esters is 1. The molecule has 1 atom stereocenters. The van der Waals surface area contributed by atoms with Crippen molar-refractivity contribution in [2.45, 2.75) is 31.6 Å². The summed E-state index contributed by atoms with van der Waals surface area (Å²) < 4.78 is 16.1. The number of hydrogen-bond acceptors (Lipinski definition) is 6. The molecule has 0 saturated heterocycles. The molecule has 0 aliphatic carbocycles. The Balaban J connectivity index is 2.09. The predicted octanol–water partition coefficient (Wildman–Crippen LogP) is 3.27. The molecule has 164 valence electrons. The molecule has 2 rings (SSSR count). The van der Waals surface area contributed by atoms with E-state index in [1.165, 1.54) is 6.92 Å². The van der Waals surface area contributed by atoms with Gasteiger partial charge in [0.15, 0.2) is 11.5 Å². The minimum Gasteiger partial charge on any atom is -0.493 e. The third-order valence-corrected chi connectivity index (χ3v) is 5.14. The minimum absolute atomic E-state index is 0.144. The van der Waals surface area contributed by atoms with Crippen LogP contribution in [0, 0.1) is 12.3 Å². The molecule has 31 heavy (non-hydrogen) atoms. The van der Waals surface area contributed by atoms with Gasteiger partial charge in [0.1, 0.15) is 6.61 Å². The lowest BCUT2D eigenvalue weighted by Crippen LogP contribution is -2.44. The van der Waals surface area contributed by atoms with Crippen LogP contribution in [-0.2, 0) is 32.1 Å². The Morgan fingerprint density at radius 1 is 1.13 bits per heavy atom. The molecule has 7 heteroatoms. The van der Waals surface area contributed by atoms with Crippen molar-refractivity contribution in [2.75, 3.05) is 20.3 Å². The van der Waals surface area contributed by atoms with Crippen LogP contribution in [0.1, 0.15) is 30.5 Å². The molecule has 0 spiro atoms. The van der Waals surface area contributed by atoms with Gasteiger partial charge in [-0.15, -0.1) is 19.1 Å². The zero-order valence-electron chi connectivity index (χ0n) is 17.9. The maximum atomic E-state index is 12.9. The zero-order valence-corrected chi connectivity index (χ0v) is 18.8. The summed E-state index contributed by atoms with van der Waals surface area (Å²) in [7, 11) is 1.54. The molecule has 1 unspecified atom stereocenters. The van der Waals surface area contributed by atoms with Crippen LogP contribution in [0.4, 0.5) is 0 Å². The van der Waals surface area contributed by atoms with Crippen LogP contribution in [0.5, 0.6) is 11.5 Å². The van der Waals surface area contributed by atoms with Crippen LogP contribution < -0.4 is 14.8 Å². The normalized spacial score (nSPS) is 12.2. The third-order valence-electron chi connectivity index (χ3n) is 4.59. The topological polar surface area (TPSA) is 73.9 Å². The van der Waals surface area contributed by atoms with Crippen molar-refractivity contribution < 1.29 is 23.8 Å². The van der Waals surface area contributed by atoms with Crippen molar-refractivity contribution in [1.29, 1.82) is 0 Å². The van der Waals surface area contributed by atoms with Gasteiger partial charge in [0.25, 0.3) is 10.8 Å². The van der Waals surface area contributed by atoms with Gasteiger partial charge in [0.2, 0.25) is 0 Å². The maximum absolute atomic E-state index is 12.9. The maximum Gasteiger partial charge on any atom is 0.304 e. The van der Waals surface area contributed by atoms with E-state index in [2.05, 4.69) is 23.9 Å². The first-order valence-corrected chi connectivity index (χ1v) is 10.3.